The van der Waals surface area contributed by atoms with Crippen molar-refractivity contribution in [2.45, 2.75) is 77.4 Å². The third-order valence-corrected chi connectivity index (χ3v) is 5.65. The molecule has 0 amide bonds. The van der Waals surface area contributed by atoms with E-state index in [-0.39, 0.29) is 11.6 Å². The minimum atomic E-state index is -0.547. The first-order valence-electron chi connectivity index (χ1n) is 8.09. The van der Waals surface area contributed by atoms with Crippen molar-refractivity contribution in [3.8, 4) is 0 Å². The molecular formula is C17H28O3. The van der Waals surface area contributed by atoms with Crippen LogP contribution in [-0.2, 0) is 9.53 Å². The van der Waals surface area contributed by atoms with Crippen molar-refractivity contribution in [3.05, 3.63) is 0 Å². The fraction of sp³-hybridized carbons (Fsp3) is 0.941. The first-order chi connectivity index (χ1) is 9.13. The molecule has 0 aliphatic heterocycles. The second-order valence-electron chi connectivity index (χ2n) is 8.79. The van der Waals surface area contributed by atoms with E-state index in [0.717, 1.165) is 32.1 Å². The van der Waals surface area contributed by atoms with Crippen LogP contribution in [0.2, 0.25) is 0 Å². The molecule has 4 rings (SSSR count). The first kappa shape index (κ1) is 14.4. The smallest absolute Gasteiger partial charge is 0.312 e. The molecule has 0 spiro atoms. The largest absolute Gasteiger partial charge is 0.459 e. The van der Waals surface area contributed by atoms with Crippen LogP contribution in [0.5, 0.6) is 0 Å². The summed E-state index contributed by atoms with van der Waals surface area (Å²) in [5, 5.41) is 10.6. The Labute approximate surface area is 122 Å². The molecule has 0 radical (unpaired) electrons. The predicted octanol–water partition coefficient (Wildman–Crippen LogP) is 3.30. The van der Waals surface area contributed by atoms with E-state index in [1.54, 1.807) is 0 Å². The molecule has 4 aliphatic carbocycles. The molecule has 3 heteroatoms. The highest BCUT2D eigenvalue weighted by atomic mass is 16.6. The zero-order chi connectivity index (χ0) is 14.8. The van der Waals surface area contributed by atoms with Gasteiger partial charge in [0, 0.05) is 6.42 Å². The monoisotopic (exact) mass is 280 g/mol. The number of hydrogen-bond donors (Lipinski definition) is 1. The molecule has 0 aromatic heterocycles. The third kappa shape index (κ3) is 2.28. The van der Waals surface area contributed by atoms with E-state index in [2.05, 4.69) is 13.8 Å². The van der Waals surface area contributed by atoms with E-state index >= 15 is 0 Å². The number of carbonyl (C=O) groups is 1. The normalized spacial score (nSPS) is 42.5. The Bertz CT molecular complexity index is 410. The number of carbonyl (C=O) groups excluding carboxylic acids is 1. The van der Waals surface area contributed by atoms with Gasteiger partial charge < -0.3 is 9.84 Å². The molecule has 0 aromatic rings. The van der Waals surface area contributed by atoms with E-state index in [0.29, 0.717) is 24.2 Å². The Morgan fingerprint density at radius 3 is 2.25 bits per heavy atom. The van der Waals surface area contributed by atoms with Crippen molar-refractivity contribution in [2.24, 2.45) is 23.2 Å². The molecule has 0 saturated heterocycles. The summed E-state index contributed by atoms with van der Waals surface area (Å²) in [6.07, 6.45) is 5.31. The van der Waals surface area contributed by atoms with Gasteiger partial charge in [0.15, 0.2) is 0 Å². The van der Waals surface area contributed by atoms with Gasteiger partial charge in [0.1, 0.15) is 5.60 Å². The van der Waals surface area contributed by atoms with Crippen LogP contribution in [0.1, 0.15) is 66.2 Å². The topological polar surface area (TPSA) is 46.5 Å². The molecule has 3 nitrogen and oxygen atoms in total. The van der Waals surface area contributed by atoms with Crippen LogP contribution in [0, 0.1) is 23.2 Å². The molecule has 4 fully saturated rings. The highest BCUT2D eigenvalue weighted by molar-refractivity contribution is 5.76. The molecular weight excluding hydrogens is 252 g/mol. The van der Waals surface area contributed by atoms with Gasteiger partial charge >= 0.3 is 5.97 Å². The van der Waals surface area contributed by atoms with Crippen molar-refractivity contribution < 1.29 is 14.6 Å². The van der Waals surface area contributed by atoms with Crippen molar-refractivity contribution >= 4 is 5.97 Å². The molecule has 114 valence electrons. The van der Waals surface area contributed by atoms with Crippen LogP contribution in [-0.4, -0.2) is 22.3 Å². The van der Waals surface area contributed by atoms with Crippen LogP contribution in [0.15, 0.2) is 0 Å². The maximum absolute atomic E-state index is 12.6. The maximum Gasteiger partial charge on any atom is 0.312 e. The molecule has 1 N–H and O–H groups in total. The van der Waals surface area contributed by atoms with Crippen LogP contribution >= 0.6 is 0 Å². The lowest BCUT2D eigenvalue weighted by Crippen LogP contribution is -2.49. The zero-order valence-electron chi connectivity index (χ0n) is 13.2. The molecule has 4 aliphatic rings. The van der Waals surface area contributed by atoms with Crippen molar-refractivity contribution in [1.29, 1.82) is 0 Å². The third-order valence-electron chi connectivity index (χ3n) is 5.65. The molecule has 0 aromatic carbocycles. The summed E-state index contributed by atoms with van der Waals surface area (Å²) in [4.78, 5) is 12.6. The minimum Gasteiger partial charge on any atom is -0.459 e. The minimum absolute atomic E-state index is 0.0725. The van der Waals surface area contributed by atoms with Gasteiger partial charge in [0.2, 0.25) is 0 Å². The molecule has 2 atom stereocenters. The van der Waals surface area contributed by atoms with Gasteiger partial charge in [0.05, 0.1) is 11.0 Å². The summed E-state index contributed by atoms with van der Waals surface area (Å²) in [6, 6.07) is 0. The van der Waals surface area contributed by atoms with Crippen LogP contribution < -0.4 is 0 Å². The fourth-order valence-electron chi connectivity index (χ4n) is 5.36. The number of esters is 1. The zero-order valence-corrected chi connectivity index (χ0v) is 13.2. The van der Waals surface area contributed by atoms with Gasteiger partial charge in [-0.15, -0.1) is 0 Å². The second-order valence-corrected chi connectivity index (χ2v) is 8.79. The molecule has 0 heterocycles. The van der Waals surface area contributed by atoms with Gasteiger partial charge in [-0.3, -0.25) is 4.79 Å². The van der Waals surface area contributed by atoms with Crippen LogP contribution in [0.4, 0.5) is 0 Å². The van der Waals surface area contributed by atoms with Gasteiger partial charge in [-0.1, -0.05) is 13.8 Å². The first-order valence-corrected chi connectivity index (χ1v) is 8.09. The lowest BCUT2D eigenvalue weighted by atomic mass is 9.74. The van der Waals surface area contributed by atoms with Crippen molar-refractivity contribution in [1.82, 2.24) is 0 Å². The Hall–Kier alpha value is -0.570. The van der Waals surface area contributed by atoms with Crippen molar-refractivity contribution in [3.63, 3.8) is 0 Å². The quantitative estimate of drug-likeness (QED) is 0.804. The lowest BCUT2D eigenvalue weighted by molar-refractivity contribution is -0.185. The van der Waals surface area contributed by atoms with E-state index < -0.39 is 11.0 Å². The maximum atomic E-state index is 12.6. The van der Waals surface area contributed by atoms with Gasteiger partial charge in [-0.25, -0.2) is 0 Å². The summed E-state index contributed by atoms with van der Waals surface area (Å²) in [5.41, 5.74) is -1.33. The number of rotatable bonds is 4. The number of hydrogen-bond acceptors (Lipinski definition) is 3. The molecule has 2 unspecified atom stereocenters. The van der Waals surface area contributed by atoms with Gasteiger partial charge in [0.25, 0.3) is 0 Å². The Balaban J connectivity index is 1.71. The molecule has 4 saturated carbocycles. The van der Waals surface area contributed by atoms with Gasteiger partial charge in [-0.05, 0) is 63.7 Å². The van der Waals surface area contributed by atoms with E-state index in [9.17, 15) is 9.90 Å². The Morgan fingerprint density at radius 1 is 1.25 bits per heavy atom. The second kappa shape index (κ2) is 4.22. The standard InChI is InChI=1S/C17H28O3/c1-11(2)5-15(3,4)14(18)20-17-8-12-6-16(19,10-17)7-13(12)9-17/h11-13,19H,5-10H2,1-4H3. The molecule has 20 heavy (non-hydrogen) atoms. The van der Waals surface area contributed by atoms with E-state index in [4.69, 9.17) is 4.74 Å². The highest BCUT2D eigenvalue weighted by Crippen LogP contribution is 2.63. The van der Waals surface area contributed by atoms with Crippen LogP contribution in [0.3, 0.4) is 0 Å². The highest BCUT2D eigenvalue weighted by Gasteiger charge is 2.64. The van der Waals surface area contributed by atoms with E-state index in [1.165, 1.54) is 0 Å². The predicted molar refractivity (Wildman–Crippen MR) is 77.1 cm³/mol. The van der Waals surface area contributed by atoms with Crippen molar-refractivity contribution in [2.75, 3.05) is 0 Å². The Kier molecular flexibility index (Phi) is 3.03. The summed E-state index contributed by atoms with van der Waals surface area (Å²) < 4.78 is 6.00. The number of ether oxygens (including phenoxy) is 1. The van der Waals surface area contributed by atoms with Gasteiger partial charge in [-0.2, -0.15) is 0 Å². The summed E-state index contributed by atoms with van der Waals surface area (Å²) >= 11 is 0. The lowest BCUT2D eigenvalue weighted by Gasteiger charge is -2.43. The number of aliphatic hydroxyl groups is 1. The summed E-state index contributed by atoms with van der Waals surface area (Å²) in [5.74, 6) is 1.57. The average molecular weight is 280 g/mol. The van der Waals surface area contributed by atoms with E-state index in [1.807, 2.05) is 13.8 Å². The Morgan fingerprint density at radius 2 is 1.80 bits per heavy atom. The van der Waals surface area contributed by atoms with Crippen LogP contribution in [0.25, 0.3) is 0 Å². The molecule has 4 bridgehead atoms. The average Bonchev–Trinajstić information content (AvgIpc) is 2.59. The fourth-order valence-corrected chi connectivity index (χ4v) is 5.36. The SMILES string of the molecule is CC(C)CC(C)(C)C(=O)OC12CC3CC(O)(CC3C1)C2. The summed E-state index contributed by atoms with van der Waals surface area (Å²) in [6.45, 7) is 8.24. The summed E-state index contributed by atoms with van der Waals surface area (Å²) in [7, 11) is 0.